The van der Waals surface area contributed by atoms with Crippen molar-refractivity contribution in [1.82, 2.24) is 10.2 Å². The van der Waals surface area contributed by atoms with Gasteiger partial charge in [0.1, 0.15) is 0 Å². The predicted molar refractivity (Wildman–Crippen MR) is 83.2 cm³/mol. The molecule has 0 aromatic heterocycles. The number of nitrogens with zero attached hydrogens (tertiary/aromatic N) is 1. The maximum atomic E-state index is 3.54. The van der Waals surface area contributed by atoms with Crippen LogP contribution in [-0.2, 0) is 0 Å². The van der Waals surface area contributed by atoms with Crippen molar-refractivity contribution >= 4 is 6.08 Å². The van der Waals surface area contributed by atoms with E-state index in [0.717, 1.165) is 19.1 Å². The Morgan fingerprint density at radius 2 is 2.05 bits per heavy atom. The molecule has 0 saturated heterocycles. The van der Waals surface area contributed by atoms with Gasteiger partial charge in [-0.1, -0.05) is 48.9 Å². The highest BCUT2D eigenvalue weighted by atomic mass is 15.2. The van der Waals surface area contributed by atoms with Crippen LogP contribution in [0.3, 0.4) is 0 Å². The Labute approximate surface area is 117 Å². The fourth-order valence-corrected chi connectivity index (χ4v) is 2.43. The van der Waals surface area contributed by atoms with Crippen LogP contribution in [0.4, 0.5) is 0 Å². The van der Waals surface area contributed by atoms with Crippen molar-refractivity contribution in [2.24, 2.45) is 0 Å². The number of hydrogen-bond donors (Lipinski definition) is 1. The fourth-order valence-electron chi connectivity index (χ4n) is 2.43. The number of benzene rings is 1. The van der Waals surface area contributed by atoms with Gasteiger partial charge in [0.25, 0.3) is 0 Å². The van der Waals surface area contributed by atoms with E-state index in [1.54, 1.807) is 0 Å². The molecule has 104 valence electrons. The first-order chi connectivity index (χ1) is 9.29. The molecule has 0 unspecified atom stereocenters. The van der Waals surface area contributed by atoms with Crippen molar-refractivity contribution in [2.75, 3.05) is 26.2 Å². The normalized spacial score (nSPS) is 16.1. The van der Waals surface area contributed by atoms with E-state index in [-0.39, 0.29) is 0 Å². The Balaban J connectivity index is 1.66. The van der Waals surface area contributed by atoms with Crippen LogP contribution in [0.1, 0.15) is 32.3 Å². The van der Waals surface area contributed by atoms with E-state index in [1.807, 2.05) is 0 Å². The fraction of sp³-hybridized carbons (Fsp3) is 0.529. The largest absolute Gasteiger partial charge is 0.312 e. The van der Waals surface area contributed by atoms with Gasteiger partial charge in [-0.15, -0.1) is 0 Å². The van der Waals surface area contributed by atoms with Crippen molar-refractivity contribution < 1.29 is 0 Å². The molecular formula is C17H26N2. The average Bonchev–Trinajstić information content (AvgIpc) is 3.24. The summed E-state index contributed by atoms with van der Waals surface area (Å²) < 4.78 is 0. The van der Waals surface area contributed by atoms with E-state index in [1.165, 1.54) is 37.1 Å². The van der Waals surface area contributed by atoms with Gasteiger partial charge in [-0.25, -0.2) is 0 Å². The molecule has 0 heterocycles. The van der Waals surface area contributed by atoms with Crippen LogP contribution in [-0.4, -0.2) is 37.1 Å². The molecule has 2 nitrogen and oxygen atoms in total. The highest BCUT2D eigenvalue weighted by molar-refractivity contribution is 5.52. The Kier molecular flexibility index (Phi) is 5.62. The average molecular weight is 258 g/mol. The number of rotatable bonds is 8. The first kappa shape index (κ1) is 14.3. The molecule has 2 rings (SSSR count). The van der Waals surface area contributed by atoms with Crippen molar-refractivity contribution in [3.63, 3.8) is 0 Å². The molecule has 0 radical (unpaired) electrons. The third kappa shape index (κ3) is 5.17. The zero-order valence-corrected chi connectivity index (χ0v) is 12.2. The molecule has 1 fully saturated rings. The SMILES string of the molecule is CCN(CCNC/C(C)=C/c1ccccc1)C1CC1. The molecule has 19 heavy (non-hydrogen) atoms. The topological polar surface area (TPSA) is 15.3 Å². The van der Waals surface area contributed by atoms with Gasteiger partial charge in [0.2, 0.25) is 0 Å². The van der Waals surface area contributed by atoms with E-state index >= 15 is 0 Å². The lowest BCUT2D eigenvalue weighted by Gasteiger charge is -2.19. The standard InChI is InChI=1S/C17H26N2/c1-3-19(17-9-10-17)12-11-18-14-15(2)13-16-7-5-4-6-8-16/h4-8,13,17-18H,3,9-12,14H2,1-2H3/b15-13+. The van der Waals surface area contributed by atoms with Crippen LogP contribution < -0.4 is 5.32 Å². The lowest BCUT2D eigenvalue weighted by molar-refractivity contribution is 0.278. The third-order valence-corrected chi connectivity index (χ3v) is 3.66. The second-order valence-corrected chi connectivity index (χ2v) is 5.44. The first-order valence-corrected chi connectivity index (χ1v) is 7.46. The highest BCUT2D eigenvalue weighted by Gasteiger charge is 2.26. The smallest absolute Gasteiger partial charge is 0.0165 e. The summed E-state index contributed by atoms with van der Waals surface area (Å²) in [5.74, 6) is 0. The van der Waals surface area contributed by atoms with Crippen molar-refractivity contribution in [1.29, 1.82) is 0 Å². The monoisotopic (exact) mass is 258 g/mol. The highest BCUT2D eigenvalue weighted by Crippen LogP contribution is 2.25. The molecule has 1 aliphatic carbocycles. The maximum Gasteiger partial charge on any atom is 0.0165 e. The van der Waals surface area contributed by atoms with E-state index in [4.69, 9.17) is 0 Å². The van der Waals surface area contributed by atoms with E-state index < -0.39 is 0 Å². The van der Waals surface area contributed by atoms with Crippen LogP contribution in [0.25, 0.3) is 6.08 Å². The summed E-state index contributed by atoms with van der Waals surface area (Å²) in [4.78, 5) is 2.59. The number of nitrogens with one attached hydrogen (secondary N) is 1. The summed E-state index contributed by atoms with van der Waals surface area (Å²) in [6.45, 7) is 8.89. The predicted octanol–water partition coefficient (Wildman–Crippen LogP) is 3.16. The summed E-state index contributed by atoms with van der Waals surface area (Å²) in [6.07, 6.45) is 5.06. The van der Waals surface area contributed by atoms with E-state index in [9.17, 15) is 0 Å². The molecule has 2 heteroatoms. The van der Waals surface area contributed by atoms with E-state index in [0.29, 0.717) is 0 Å². The molecule has 1 aromatic carbocycles. The van der Waals surface area contributed by atoms with Crippen LogP contribution in [0, 0.1) is 0 Å². The summed E-state index contributed by atoms with van der Waals surface area (Å²) >= 11 is 0. The summed E-state index contributed by atoms with van der Waals surface area (Å²) in [7, 11) is 0. The van der Waals surface area contributed by atoms with Crippen LogP contribution in [0.2, 0.25) is 0 Å². The van der Waals surface area contributed by atoms with Crippen LogP contribution in [0.5, 0.6) is 0 Å². The minimum absolute atomic E-state index is 0.882. The number of hydrogen-bond acceptors (Lipinski definition) is 2. The minimum atomic E-state index is 0.882. The van der Waals surface area contributed by atoms with Gasteiger partial charge in [0, 0.05) is 25.7 Å². The van der Waals surface area contributed by atoms with Gasteiger partial charge in [-0.2, -0.15) is 0 Å². The van der Waals surface area contributed by atoms with Crippen LogP contribution >= 0.6 is 0 Å². The van der Waals surface area contributed by atoms with Gasteiger partial charge < -0.3 is 5.32 Å². The maximum absolute atomic E-state index is 3.54. The molecule has 1 aliphatic rings. The second-order valence-electron chi connectivity index (χ2n) is 5.44. The Morgan fingerprint density at radius 3 is 2.68 bits per heavy atom. The van der Waals surface area contributed by atoms with Crippen LogP contribution in [0.15, 0.2) is 35.9 Å². The Morgan fingerprint density at radius 1 is 1.32 bits per heavy atom. The minimum Gasteiger partial charge on any atom is -0.312 e. The number of likely N-dealkylation sites (N-methyl/N-ethyl adjacent to an activating group) is 1. The van der Waals surface area contributed by atoms with Gasteiger partial charge in [-0.3, -0.25) is 4.90 Å². The van der Waals surface area contributed by atoms with Crippen molar-refractivity contribution in [2.45, 2.75) is 32.7 Å². The molecule has 1 saturated carbocycles. The molecule has 0 aliphatic heterocycles. The third-order valence-electron chi connectivity index (χ3n) is 3.66. The zero-order chi connectivity index (χ0) is 13.5. The lowest BCUT2D eigenvalue weighted by atomic mass is 10.1. The zero-order valence-electron chi connectivity index (χ0n) is 12.2. The quantitative estimate of drug-likeness (QED) is 0.721. The summed E-state index contributed by atoms with van der Waals surface area (Å²) in [5, 5.41) is 3.54. The lowest BCUT2D eigenvalue weighted by Crippen LogP contribution is -2.34. The summed E-state index contributed by atoms with van der Waals surface area (Å²) in [6, 6.07) is 11.4. The van der Waals surface area contributed by atoms with Crippen molar-refractivity contribution in [3.8, 4) is 0 Å². The van der Waals surface area contributed by atoms with Gasteiger partial charge >= 0.3 is 0 Å². The Hall–Kier alpha value is -1.12. The molecule has 0 spiro atoms. The molecule has 1 N–H and O–H groups in total. The molecule has 0 amide bonds. The van der Waals surface area contributed by atoms with E-state index in [2.05, 4.69) is 60.5 Å². The Bertz CT molecular complexity index is 393. The van der Waals surface area contributed by atoms with Gasteiger partial charge in [0.15, 0.2) is 0 Å². The molecule has 0 bridgehead atoms. The first-order valence-electron chi connectivity index (χ1n) is 7.46. The molecule has 0 atom stereocenters. The van der Waals surface area contributed by atoms with Gasteiger partial charge in [-0.05, 0) is 31.9 Å². The molecule has 1 aromatic rings. The molecular weight excluding hydrogens is 232 g/mol. The second kappa shape index (κ2) is 7.46. The summed E-state index contributed by atoms with van der Waals surface area (Å²) in [5.41, 5.74) is 2.68. The van der Waals surface area contributed by atoms with Gasteiger partial charge in [0.05, 0.1) is 0 Å². The van der Waals surface area contributed by atoms with Crippen molar-refractivity contribution in [3.05, 3.63) is 41.5 Å².